The molecule has 0 fully saturated rings. The molecule has 0 amide bonds. The van der Waals surface area contributed by atoms with Crippen molar-refractivity contribution in [2.75, 3.05) is 47.5 Å². The van der Waals surface area contributed by atoms with Gasteiger partial charge < -0.3 is 27.9 Å². The molecule has 0 rings (SSSR count). The molecule has 0 bridgehead atoms. The van der Waals surface area contributed by atoms with Crippen LogP contribution in [0.15, 0.2) is 97.2 Å². The molecule has 10 heteroatoms. The highest BCUT2D eigenvalue weighted by Gasteiger charge is 2.21. The van der Waals surface area contributed by atoms with Crippen molar-refractivity contribution in [3.05, 3.63) is 97.2 Å². The van der Waals surface area contributed by atoms with Crippen molar-refractivity contribution in [2.45, 2.75) is 161 Å². The number of ether oxygens (including phenoxy) is 2. The Labute approximate surface area is 366 Å². The van der Waals surface area contributed by atoms with Crippen molar-refractivity contribution in [3.8, 4) is 0 Å². The van der Waals surface area contributed by atoms with E-state index in [1.54, 1.807) is 0 Å². The second-order valence-corrected chi connectivity index (χ2v) is 17.4. The van der Waals surface area contributed by atoms with E-state index in [0.29, 0.717) is 23.9 Å². The molecule has 60 heavy (non-hydrogen) atoms. The van der Waals surface area contributed by atoms with Crippen LogP contribution in [0.2, 0.25) is 0 Å². The molecule has 0 N–H and O–H groups in total. The second-order valence-electron chi connectivity index (χ2n) is 16.0. The van der Waals surface area contributed by atoms with Crippen molar-refractivity contribution in [2.24, 2.45) is 0 Å². The largest absolute Gasteiger partial charge is 0.756 e. The van der Waals surface area contributed by atoms with Gasteiger partial charge in [0.2, 0.25) is 0 Å². The first-order valence-electron chi connectivity index (χ1n) is 22.9. The van der Waals surface area contributed by atoms with E-state index in [2.05, 4.69) is 98.9 Å². The lowest BCUT2D eigenvalue weighted by Gasteiger charge is -2.28. The van der Waals surface area contributed by atoms with Crippen LogP contribution in [-0.4, -0.2) is 70.0 Å². The Kier molecular flexibility index (Phi) is 39.2. The summed E-state index contributed by atoms with van der Waals surface area (Å²) in [5.74, 6) is -0.952. The van der Waals surface area contributed by atoms with Gasteiger partial charge in [-0.2, -0.15) is 0 Å². The van der Waals surface area contributed by atoms with E-state index >= 15 is 0 Å². The average molecular weight is 858 g/mol. The van der Waals surface area contributed by atoms with E-state index < -0.39 is 32.5 Å². The number of phosphoric acid groups is 1. The van der Waals surface area contributed by atoms with Crippen LogP contribution >= 0.6 is 7.82 Å². The van der Waals surface area contributed by atoms with Gasteiger partial charge in [0.15, 0.2) is 6.10 Å². The third kappa shape index (κ3) is 44.5. The molecule has 342 valence electrons. The molecule has 2 unspecified atom stereocenters. The minimum atomic E-state index is -4.65. The lowest BCUT2D eigenvalue weighted by atomic mass is 10.1. The van der Waals surface area contributed by atoms with E-state index in [0.717, 1.165) is 77.0 Å². The van der Waals surface area contributed by atoms with Crippen LogP contribution in [0, 0.1) is 0 Å². The lowest BCUT2D eigenvalue weighted by Crippen LogP contribution is -2.37. The standard InChI is InChI=1S/C50H84NO8P/c1-6-8-10-12-14-16-18-20-21-22-23-24-25-26-27-28-29-31-32-34-36-38-40-42-49(52)56-46-48(47-58-60(54,55)57-45-44-51(3,4)5)59-50(53)43-41-39-37-35-33-30-19-17-15-13-11-9-7-2/h8,10,14,16,20-21,23-24,26-27,29-31,33,37,39,48H,6-7,9,11-13,15,17-19,22,25,28,32,34-36,38,40-47H2,1-5H3/b10-8+,16-14+,21-20+,24-23+,27-26+,31-29+,33-30+,39-37+. The molecule has 0 aliphatic heterocycles. The number of unbranched alkanes of at least 4 members (excludes halogenated alkanes) is 10. The zero-order valence-electron chi connectivity index (χ0n) is 38.4. The number of carbonyl (C=O) groups excluding carboxylic acids is 2. The van der Waals surface area contributed by atoms with E-state index in [9.17, 15) is 19.0 Å². The van der Waals surface area contributed by atoms with Gasteiger partial charge in [-0.05, 0) is 83.5 Å². The predicted molar refractivity (Wildman–Crippen MR) is 249 cm³/mol. The van der Waals surface area contributed by atoms with Crippen LogP contribution in [0.25, 0.3) is 0 Å². The van der Waals surface area contributed by atoms with Gasteiger partial charge in [0.1, 0.15) is 19.8 Å². The fourth-order valence-electron chi connectivity index (χ4n) is 5.53. The molecular formula is C50H84NO8P. The molecule has 0 aliphatic rings. The Morgan fingerprint density at radius 2 is 0.983 bits per heavy atom. The third-order valence-electron chi connectivity index (χ3n) is 9.10. The Morgan fingerprint density at radius 3 is 1.48 bits per heavy atom. The van der Waals surface area contributed by atoms with Crippen LogP contribution in [0.3, 0.4) is 0 Å². The van der Waals surface area contributed by atoms with Gasteiger partial charge >= 0.3 is 11.9 Å². The second kappa shape index (κ2) is 41.3. The number of hydrogen-bond acceptors (Lipinski definition) is 8. The highest BCUT2D eigenvalue weighted by molar-refractivity contribution is 7.45. The monoisotopic (exact) mass is 858 g/mol. The number of phosphoric ester groups is 1. The molecule has 0 aromatic heterocycles. The topological polar surface area (TPSA) is 111 Å². The van der Waals surface area contributed by atoms with E-state index in [4.69, 9.17) is 18.5 Å². The lowest BCUT2D eigenvalue weighted by molar-refractivity contribution is -0.870. The summed E-state index contributed by atoms with van der Waals surface area (Å²) in [7, 11) is 1.10. The fourth-order valence-corrected chi connectivity index (χ4v) is 6.26. The molecule has 9 nitrogen and oxygen atoms in total. The van der Waals surface area contributed by atoms with Crippen molar-refractivity contribution >= 4 is 19.8 Å². The van der Waals surface area contributed by atoms with Crippen molar-refractivity contribution in [1.29, 1.82) is 0 Å². The van der Waals surface area contributed by atoms with Crippen LogP contribution in [0.4, 0.5) is 0 Å². The molecule has 0 radical (unpaired) electrons. The number of nitrogens with zero attached hydrogens (tertiary/aromatic N) is 1. The summed E-state index contributed by atoms with van der Waals surface area (Å²) in [6.07, 6.45) is 54.5. The summed E-state index contributed by atoms with van der Waals surface area (Å²) >= 11 is 0. The summed E-state index contributed by atoms with van der Waals surface area (Å²) < 4.78 is 33.8. The van der Waals surface area contributed by atoms with E-state index in [1.165, 1.54) is 38.5 Å². The SMILES string of the molecule is CC/C=C/C/C=C/C/C=C/C/C=C/C/C=C/C/C=C/CCCCCCC(=O)OCC(COP(=O)([O-])OCC[N+](C)(C)C)OC(=O)CC/C=C/C/C=C/CCCCCCCC. The van der Waals surface area contributed by atoms with Gasteiger partial charge in [-0.15, -0.1) is 0 Å². The quantitative estimate of drug-likeness (QED) is 0.0197. The Bertz CT molecular complexity index is 1340. The zero-order chi connectivity index (χ0) is 44.3. The average Bonchev–Trinajstić information content (AvgIpc) is 3.20. The fraction of sp³-hybridized carbons (Fsp3) is 0.640. The number of quaternary nitrogens is 1. The van der Waals surface area contributed by atoms with Crippen molar-refractivity contribution in [1.82, 2.24) is 0 Å². The van der Waals surface area contributed by atoms with Gasteiger partial charge in [-0.25, -0.2) is 0 Å². The molecular weight excluding hydrogens is 774 g/mol. The molecule has 0 aromatic rings. The zero-order valence-corrected chi connectivity index (χ0v) is 39.3. The van der Waals surface area contributed by atoms with Gasteiger partial charge in [0.05, 0.1) is 27.7 Å². The third-order valence-corrected chi connectivity index (χ3v) is 10.1. The summed E-state index contributed by atoms with van der Waals surface area (Å²) in [6, 6.07) is 0. The summed E-state index contributed by atoms with van der Waals surface area (Å²) in [5, 5.41) is 0. The molecule has 0 aromatic carbocycles. The van der Waals surface area contributed by atoms with Gasteiger partial charge in [0, 0.05) is 12.8 Å². The first-order valence-corrected chi connectivity index (χ1v) is 24.4. The van der Waals surface area contributed by atoms with Gasteiger partial charge in [0.25, 0.3) is 7.82 Å². The number of hydrogen-bond donors (Lipinski definition) is 0. The number of rotatable bonds is 40. The molecule has 0 aliphatic carbocycles. The number of carbonyl (C=O) groups is 2. The summed E-state index contributed by atoms with van der Waals surface area (Å²) in [4.78, 5) is 37.5. The van der Waals surface area contributed by atoms with Crippen molar-refractivity contribution < 1.29 is 42.1 Å². The van der Waals surface area contributed by atoms with Crippen LogP contribution in [0.1, 0.15) is 155 Å². The Balaban J connectivity index is 4.42. The number of esters is 2. The van der Waals surface area contributed by atoms with Crippen LogP contribution < -0.4 is 4.89 Å². The first kappa shape index (κ1) is 56.9. The molecule has 0 saturated carbocycles. The smallest absolute Gasteiger partial charge is 0.306 e. The summed E-state index contributed by atoms with van der Waals surface area (Å²) in [6.45, 7) is 3.98. The predicted octanol–water partition coefficient (Wildman–Crippen LogP) is 12.7. The highest BCUT2D eigenvalue weighted by atomic mass is 31.2. The Morgan fingerprint density at radius 1 is 0.533 bits per heavy atom. The number of allylic oxidation sites excluding steroid dienone is 16. The van der Waals surface area contributed by atoms with E-state index in [-0.39, 0.29) is 26.1 Å². The van der Waals surface area contributed by atoms with Crippen molar-refractivity contribution in [3.63, 3.8) is 0 Å². The first-order chi connectivity index (χ1) is 29.0. The molecule has 0 heterocycles. The van der Waals surface area contributed by atoms with E-state index in [1.807, 2.05) is 33.3 Å². The van der Waals surface area contributed by atoms with Gasteiger partial charge in [-0.1, -0.05) is 156 Å². The maximum Gasteiger partial charge on any atom is 0.306 e. The molecule has 2 atom stereocenters. The maximum absolute atomic E-state index is 12.6. The molecule has 0 spiro atoms. The minimum absolute atomic E-state index is 0.0499. The molecule has 0 saturated heterocycles. The van der Waals surface area contributed by atoms with Gasteiger partial charge in [-0.3, -0.25) is 14.2 Å². The summed E-state index contributed by atoms with van der Waals surface area (Å²) in [5.41, 5.74) is 0. The maximum atomic E-state index is 12.6. The normalized spacial score (nSPS) is 14.4. The Hall–Kier alpha value is -3.07. The minimum Gasteiger partial charge on any atom is -0.756 e. The van der Waals surface area contributed by atoms with Crippen LogP contribution in [-0.2, 0) is 32.7 Å². The highest BCUT2D eigenvalue weighted by Crippen LogP contribution is 2.38. The van der Waals surface area contributed by atoms with Crippen LogP contribution in [0.5, 0.6) is 0 Å². The number of likely N-dealkylation sites (N-methyl/N-ethyl adjacent to an activating group) is 1.